The van der Waals surface area contributed by atoms with Gasteiger partial charge in [-0.1, -0.05) is 62.4 Å². The van der Waals surface area contributed by atoms with Gasteiger partial charge in [0.25, 0.3) is 0 Å². The number of hydrazine groups is 1. The molecule has 5 rings (SSSR count). The molecule has 1 aliphatic heterocycles. The zero-order valence-corrected chi connectivity index (χ0v) is 18.8. The number of carbonyl (C=O) groups excluding carboxylic acids is 1. The van der Waals surface area contributed by atoms with Gasteiger partial charge in [-0.05, 0) is 24.3 Å². The number of allylic oxidation sites excluding steroid dienone is 2. The van der Waals surface area contributed by atoms with Crippen LogP contribution in [0.25, 0.3) is 0 Å². The Balaban J connectivity index is 1.49. The second-order valence-electron chi connectivity index (χ2n) is 9.71. The number of carbonyl (C=O) groups is 1. The molecular formula is C24H27N7O. The summed E-state index contributed by atoms with van der Waals surface area (Å²) < 4.78 is 1.88. The minimum atomic E-state index is -0.609. The van der Waals surface area contributed by atoms with Gasteiger partial charge in [0.15, 0.2) is 11.9 Å². The summed E-state index contributed by atoms with van der Waals surface area (Å²) in [5.41, 5.74) is 6.74. The van der Waals surface area contributed by atoms with Gasteiger partial charge in [0, 0.05) is 23.4 Å². The van der Waals surface area contributed by atoms with Crippen LogP contribution in [0.5, 0.6) is 0 Å². The molecule has 0 saturated carbocycles. The smallest absolute Gasteiger partial charge is 0.183 e. The average molecular weight is 430 g/mol. The van der Waals surface area contributed by atoms with Crippen molar-refractivity contribution in [1.82, 2.24) is 20.3 Å². The highest BCUT2D eigenvalue weighted by Gasteiger charge is 2.55. The Morgan fingerprint density at radius 3 is 2.72 bits per heavy atom. The molecule has 164 valence electrons. The largest absolute Gasteiger partial charge is 0.293 e. The molecular weight excluding hydrogens is 402 g/mol. The minimum Gasteiger partial charge on any atom is -0.293 e. The van der Waals surface area contributed by atoms with Crippen LogP contribution in [0.1, 0.15) is 55.9 Å². The SMILES string of the molecule is Cn1nc2c(c1C1N=NN(Cc3ccccc3)N1)CCC1C(C)(C)C(=O)C(C#N)=CC21C. The molecule has 0 saturated heterocycles. The quantitative estimate of drug-likeness (QED) is 0.802. The molecule has 8 heteroatoms. The summed E-state index contributed by atoms with van der Waals surface area (Å²) in [4.78, 5) is 12.9. The maximum absolute atomic E-state index is 12.9. The van der Waals surface area contributed by atoms with Gasteiger partial charge in [0.05, 0.1) is 23.5 Å². The predicted octanol–water partition coefficient (Wildman–Crippen LogP) is 3.69. The van der Waals surface area contributed by atoms with Gasteiger partial charge in [-0.3, -0.25) is 9.48 Å². The van der Waals surface area contributed by atoms with Crippen molar-refractivity contribution in [3.63, 3.8) is 0 Å². The Labute approximate surface area is 187 Å². The van der Waals surface area contributed by atoms with Gasteiger partial charge < -0.3 is 0 Å². The van der Waals surface area contributed by atoms with Crippen LogP contribution in [-0.4, -0.2) is 20.7 Å². The minimum absolute atomic E-state index is 0.0649. The Kier molecular flexibility index (Phi) is 4.57. The number of hydrogen-bond acceptors (Lipinski definition) is 7. The lowest BCUT2D eigenvalue weighted by molar-refractivity contribution is -0.128. The van der Waals surface area contributed by atoms with Gasteiger partial charge >= 0.3 is 0 Å². The molecule has 2 aromatic rings. The third-order valence-electron chi connectivity index (χ3n) is 7.36. The summed E-state index contributed by atoms with van der Waals surface area (Å²) in [6.07, 6.45) is 3.20. The van der Waals surface area contributed by atoms with Crippen molar-refractivity contribution >= 4 is 5.78 Å². The molecule has 0 fully saturated rings. The van der Waals surface area contributed by atoms with E-state index >= 15 is 0 Å². The Hall–Kier alpha value is -3.31. The first-order valence-corrected chi connectivity index (χ1v) is 11.0. The van der Waals surface area contributed by atoms with E-state index in [0.29, 0.717) is 6.54 Å². The van der Waals surface area contributed by atoms with Gasteiger partial charge in [-0.15, -0.1) is 5.11 Å². The zero-order valence-electron chi connectivity index (χ0n) is 18.8. The number of nitriles is 1. The fraction of sp³-hybridized carbons (Fsp3) is 0.458. The molecule has 3 aliphatic rings. The number of hydrogen-bond donors (Lipinski definition) is 1. The van der Waals surface area contributed by atoms with E-state index in [4.69, 9.17) is 5.10 Å². The van der Waals surface area contributed by atoms with Crippen LogP contribution in [0.2, 0.25) is 0 Å². The van der Waals surface area contributed by atoms with Gasteiger partial charge in [-0.2, -0.15) is 15.8 Å². The van der Waals surface area contributed by atoms with Crippen LogP contribution in [0, 0.1) is 22.7 Å². The van der Waals surface area contributed by atoms with E-state index in [1.54, 1.807) is 5.12 Å². The highest BCUT2D eigenvalue weighted by molar-refractivity contribution is 6.04. The summed E-state index contributed by atoms with van der Waals surface area (Å²) in [6.45, 7) is 6.66. The Morgan fingerprint density at radius 1 is 1.25 bits per heavy atom. The molecule has 8 nitrogen and oxygen atoms in total. The van der Waals surface area contributed by atoms with E-state index in [0.717, 1.165) is 35.4 Å². The van der Waals surface area contributed by atoms with Crippen LogP contribution in [0.15, 0.2) is 52.3 Å². The third-order valence-corrected chi connectivity index (χ3v) is 7.36. The highest BCUT2D eigenvalue weighted by Crippen LogP contribution is 2.55. The van der Waals surface area contributed by atoms with Crippen molar-refractivity contribution in [3.8, 4) is 6.07 Å². The van der Waals surface area contributed by atoms with E-state index in [1.165, 1.54) is 0 Å². The summed E-state index contributed by atoms with van der Waals surface area (Å²) in [5.74, 6) is 0.0208. The second kappa shape index (κ2) is 7.10. The molecule has 0 radical (unpaired) electrons. The van der Waals surface area contributed by atoms with Crippen molar-refractivity contribution in [2.45, 2.75) is 51.7 Å². The third kappa shape index (κ3) is 2.92. The maximum atomic E-state index is 12.9. The van der Waals surface area contributed by atoms with E-state index in [2.05, 4.69) is 40.9 Å². The lowest BCUT2D eigenvalue weighted by Gasteiger charge is -2.49. The molecule has 1 aromatic carbocycles. The summed E-state index contributed by atoms with van der Waals surface area (Å²) in [7, 11) is 1.93. The molecule has 3 unspecified atom stereocenters. The first kappa shape index (κ1) is 20.6. The Morgan fingerprint density at radius 2 is 2.00 bits per heavy atom. The van der Waals surface area contributed by atoms with Crippen molar-refractivity contribution in [2.75, 3.05) is 0 Å². The summed E-state index contributed by atoms with van der Waals surface area (Å²) in [5, 5.41) is 25.1. The van der Waals surface area contributed by atoms with Crippen LogP contribution >= 0.6 is 0 Å². The number of rotatable bonds is 3. The Bertz CT molecular complexity index is 1190. The fourth-order valence-electron chi connectivity index (χ4n) is 5.85. The molecule has 0 amide bonds. The lowest BCUT2D eigenvalue weighted by Crippen LogP contribution is -2.51. The number of fused-ring (bicyclic) bond motifs is 3. The number of aromatic nitrogens is 2. The molecule has 0 bridgehead atoms. The standard InChI is InChI=1S/C24H27N7O/c1-23(2)18-11-10-17-19(22-26-29-31(28-22)14-15-8-6-5-7-9-15)30(4)27-20(17)24(18,3)12-16(13-25)21(23)32/h5-9,12,18,22,28H,10-11,14H2,1-4H3. The van der Waals surface area contributed by atoms with Crippen LogP contribution < -0.4 is 5.43 Å². The van der Waals surface area contributed by atoms with Gasteiger partial charge in [0.2, 0.25) is 0 Å². The van der Waals surface area contributed by atoms with E-state index in [-0.39, 0.29) is 23.4 Å². The summed E-state index contributed by atoms with van der Waals surface area (Å²) >= 11 is 0. The topological polar surface area (TPSA) is 98.7 Å². The zero-order chi connectivity index (χ0) is 22.7. The number of aryl methyl sites for hydroxylation is 1. The summed E-state index contributed by atoms with van der Waals surface area (Å²) in [6, 6.07) is 12.3. The molecule has 32 heavy (non-hydrogen) atoms. The van der Waals surface area contributed by atoms with Gasteiger partial charge in [-0.25, -0.2) is 5.12 Å². The van der Waals surface area contributed by atoms with E-state index in [9.17, 15) is 10.1 Å². The molecule has 1 aromatic heterocycles. The maximum Gasteiger partial charge on any atom is 0.183 e. The second-order valence-corrected chi connectivity index (χ2v) is 9.71. The van der Waals surface area contributed by atoms with Crippen molar-refractivity contribution < 1.29 is 4.79 Å². The first-order chi connectivity index (χ1) is 15.3. The van der Waals surface area contributed by atoms with Crippen LogP contribution in [0.4, 0.5) is 0 Å². The van der Waals surface area contributed by atoms with Crippen molar-refractivity contribution in [3.05, 3.63) is 64.5 Å². The van der Waals surface area contributed by atoms with Crippen LogP contribution in [-0.2, 0) is 30.2 Å². The number of benzene rings is 1. The normalized spacial score (nSPS) is 28.2. The molecule has 3 atom stereocenters. The lowest BCUT2D eigenvalue weighted by atomic mass is 9.52. The highest BCUT2D eigenvalue weighted by atomic mass is 16.1. The van der Waals surface area contributed by atoms with E-state index in [1.807, 2.05) is 49.9 Å². The van der Waals surface area contributed by atoms with Crippen LogP contribution in [0.3, 0.4) is 0 Å². The molecule has 0 spiro atoms. The molecule has 1 N–H and O–H groups in total. The fourth-order valence-corrected chi connectivity index (χ4v) is 5.85. The molecule has 2 heterocycles. The number of nitrogens with one attached hydrogen (secondary N) is 1. The number of ketones is 1. The predicted molar refractivity (Wildman–Crippen MR) is 118 cm³/mol. The average Bonchev–Trinajstić information content (AvgIpc) is 3.35. The van der Waals surface area contributed by atoms with E-state index < -0.39 is 10.8 Å². The number of Topliss-reactive ketones (excluding diaryl/α,β-unsaturated/α-hetero) is 1. The van der Waals surface area contributed by atoms with Crippen molar-refractivity contribution in [1.29, 1.82) is 5.26 Å². The number of nitrogens with zero attached hydrogens (tertiary/aromatic N) is 6. The molecule has 2 aliphatic carbocycles. The van der Waals surface area contributed by atoms with Gasteiger partial charge in [0.1, 0.15) is 6.07 Å². The monoisotopic (exact) mass is 429 g/mol. The van der Waals surface area contributed by atoms with Crippen molar-refractivity contribution in [2.24, 2.45) is 28.7 Å². The first-order valence-electron chi connectivity index (χ1n) is 11.0.